The summed E-state index contributed by atoms with van der Waals surface area (Å²) in [6.07, 6.45) is 0. The van der Waals surface area contributed by atoms with Crippen LogP contribution in [0.5, 0.6) is 0 Å². The van der Waals surface area contributed by atoms with Gasteiger partial charge in [0.1, 0.15) is 0 Å². The second kappa shape index (κ2) is 7.31. The minimum atomic E-state index is -2.60. The third-order valence-corrected chi connectivity index (χ3v) is 9.17. The summed E-state index contributed by atoms with van der Waals surface area (Å²) in [6, 6.07) is 25.0. The smallest absolute Gasteiger partial charge is 0.202 e. The van der Waals surface area contributed by atoms with Gasteiger partial charge in [0.2, 0.25) is 5.52 Å². The lowest BCUT2D eigenvalue weighted by Gasteiger charge is -2.23. The first-order valence-electron chi connectivity index (χ1n) is 8.70. The van der Waals surface area contributed by atoms with Crippen LogP contribution >= 0.6 is 6.04 Å². The predicted molar refractivity (Wildman–Crippen MR) is 116 cm³/mol. The summed E-state index contributed by atoms with van der Waals surface area (Å²) < 4.78 is 0. The highest BCUT2D eigenvalue weighted by Crippen LogP contribution is 2.47. The van der Waals surface area contributed by atoms with E-state index in [0.717, 1.165) is 10.6 Å². The highest BCUT2D eigenvalue weighted by molar-refractivity contribution is 8.30. The van der Waals surface area contributed by atoms with Crippen LogP contribution in [0.15, 0.2) is 84.9 Å². The molecule has 0 aliphatic rings. The fraction of sp³-hybridized carbons (Fsp3) is 0.174. The lowest BCUT2D eigenvalue weighted by Crippen LogP contribution is -2.22. The number of benzene rings is 3. The Labute approximate surface area is 161 Å². The summed E-state index contributed by atoms with van der Waals surface area (Å²) >= 11 is 6.11. The highest BCUT2D eigenvalue weighted by atomic mass is 32.4. The average molecular weight is 378 g/mol. The summed E-state index contributed by atoms with van der Waals surface area (Å²) in [7, 11) is 0. The van der Waals surface area contributed by atoms with E-state index in [4.69, 9.17) is 11.8 Å². The molecule has 0 saturated carbocycles. The molecule has 0 fully saturated rings. The van der Waals surface area contributed by atoms with Gasteiger partial charge in [-0.3, -0.25) is 4.79 Å². The van der Waals surface area contributed by atoms with Crippen molar-refractivity contribution in [1.82, 2.24) is 0 Å². The van der Waals surface area contributed by atoms with Gasteiger partial charge in [-0.25, -0.2) is 0 Å². The molecule has 0 amide bonds. The Kier molecular flexibility index (Phi) is 5.27. The summed E-state index contributed by atoms with van der Waals surface area (Å²) in [5.74, 6) is 0. The van der Waals surface area contributed by atoms with E-state index in [-0.39, 0.29) is 10.9 Å². The maximum Gasteiger partial charge on any atom is 0.202 e. The fourth-order valence-corrected chi connectivity index (χ4v) is 6.46. The summed E-state index contributed by atoms with van der Waals surface area (Å²) in [4.78, 5) is 13.6. The predicted octanol–water partition coefficient (Wildman–Crippen LogP) is 5.25. The number of carbonyl (C=O) groups is 1. The van der Waals surface area contributed by atoms with Gasteiger partial charge in [0.15, 0.2) is 0 Å². The molecule has 0 aliphatic heterocycles. The molecular formula is C23H23OPS. The van der Waals surface area contributed by atoms with Crippen LogP contribution in [0.1, 0.15) is 36.7 Å². The summed E-state index contributed by atoms with van der Waals surface area (Å²) in [5.41, 5.74) is 2.00. The van der Waals surface area contributed by atoms with Gasteiger partial charge in [0.25, 0.3) is 0 Å². The van der Waals surface area contributed by atoms with Gasteiger partial charge in [-0.1, -0.05) is 118 Å². The zero-order chi connectivity index (χ0) is 18.8. The molecule has 0 saturated heterocycles. The zero-order valence-electron chi connectivity index (χ0n) is 15.3. The molecule has 3 aromatic rings. The van der Waals surface area contributed by atoms with Crippen molar-refractivity contribution >= 4 is 34.0 Å². The van der Waals surface area contributed by atoms with E-state index >= 15 is 0 Å². The Hall–Kier alpha value is -2.02. The normalized spacial score (nSPS) is 12.0. The van der Waals surface area contributed by atoms with E-state index < -0.39 is 6.04 Å². The van der Waals surface area contributed by atoms with Gasteiger partial charge in [-0.15, -0.1) is 0 Å². The lowest BCUT2D eigenvalue weighted by molar-refractivity contribution is 0.108. The average Bonchev–Trinajstić information content (AvgIpc) is 2.67. The number of rotatable bonds is 4. The molecule has 0 spiro atoms. The van der Waals surface area contributed by atoms with Crippen molar-refractivity contribution in [3.63, 3.8) is 0 Å². The molecule has 0 aromatic heterocycles. The summed E-state index contributed by atoms with van der Waals surface area (Å²) in [5, 5.41) is 1.87. The van der Waals surface area contributed by atoms with E-state index in [1.807, 2.05) is 84.9 Å². The monoisotopic (exact) mass is 378 g/mol. The molecule has 0 atom stereocenters. The standard InChI is InChI=1S/C23H23OPS/c1-23(2,3)19-16-14-18(15-17-19)22(24)25(26,20-10-6-4-7-11-20)21-12-8-5-9-13-21/h4-17H,1-3H3. The Morgan fingerprint density at radius 1 is 0.731 bits per heavy atom. The van der Waals surface area contributed by atoms with E-state index in [9.17, 15) is 4.79 Å². The van der Waals surface area contributed by atoms with Gasteiger partial charge >= 0.3 is 0 Å². The first kappa shape index (κ1) is 18.8. The minimum Gasteiger partial charge on any atom is -0.287 e. The van der Waals surface area contributed by atoms with Crippen molar-refractivity contribution in [3.05, 3.63) is 96.1 Å². The molecule has 3 heteroatoms. The Morgan fingerprint density at radius 3 is 1.54 bits per heavy atom. The van der Waals surface area contributed by atoms with Gasteiger partial charge in [0, 0.05) is 5.56 Å². The van der Waals surface area contributed by atoms with Crippen LogP contribution in [0.3, 0.4) is 0 Å². The van der Waals surface area contributed by atoms with Crippen molar-refractivity contribution in [1.29, 1.82) is 0 Å². The van der Waals surface area contributed by atoms with Crippen LogP contribution in [0.4, 0.5) is 0 Å². The lowest BCUT2D eigenvalue weighted by atomic mass is 9.87. The van der Waals surface area contributed by atoms with Crippen LogP contribution in [0.2, 0.25) is 0 Å². The van der Waals surface area contributed by atoms with Crippen molar-refractivity contribution in [2.45, 2.75) is 26.2 Å². The van der Waals surface area contributed by atoms with Crippen LogP contribution in [-0.4, -0.2) is 5.52 Å². The minimum absolute atomic E-state index is 0.0466. The molecule has 3 aromatic carbocycles. The fourth-order valence-electron chi connectivity index (χ4n) is 2.95. The van der Waals surface area contributed by atoms with E-state index in [1.165, 1.54) is 5.56 Å². The Morgan fingerprint density at radius 2 is 1.15 bits per heavy atom. The molecule has 0 radical (unpaired) electrons. The second-order valence-electron chi connectivity index (χ2n) is 7.41. The molecule has 0 heterocycles. The van der Waals surface area contributed by atoms with Gasteiger partial charge in [-0.05, 0) is 21.6 Å². The van der Waals surface area contributed by atoms with Crippen molar-refractivity contribution in [2.75, 3.05) is 0 Å². The van der Waals surface area contributed by atoms with E-state index in [0.29, 0.717) is 5.56 Å². The van der Waals surface area contributed by atoms with Crippen molar-refractivity contribution in [2.24, 2.45) is 0 Å². The zero-order valence-corrected chi connectivity index (χ0v) is 17.1. The topological polar surface area (TPSA) is 17.1 Å². The molecule has 26 heavy (non-hydrogen) atoms. The first-order valence-corrected chi connectivity index (χ1v) is 11.5. The Balaban J connectivity index is 2.11. The first-order chi connectivity index (χ1) is 12.3. The maximum absolute atomic E-state index is 13.6. The van der Waals surface area contributed by atoms with Gasteiger partial charge in [0.05, 0.1) is 6.04 Å². The molecule has 0 bridgehead atoms. The van der Waals surface area contributed by atoms with Crippen LogP contribution in [-0.2, 0) is 17.2 Å². The molecule has 0 aliphatic carbocycles. The van der Waals surface area contributed by atoms with Crippen LogP contribution in [0, 0.1) is 0 Å². The van der Waals surface area contributed by atoms with Crippen LogP contribution < -0.4 is 10.6 Å². The van der Waals surface area contributed by atoms with Crippen molar-refractivity contribution in [3.8, 4) is 0 Å². The van der Waals surface area contributed by atoms with Crippen LogP contribution in [0.25, 0.3) is 0 Å². The second-order valence-corrected chi connectivity index (χ2v) is 11.7. The SMILES string of the molecule is CC(C)(C)c1ccc(C(=O)P(=S)(c2ccccc2)c2ccccc2)cc1. The summed E-state index contributed by atoms with van der Waals surface area (Å²) in [6.45, 7) is 6.51. The molecule has 3 rings (SSSR count). The number of hydrogen-bond acceptors (Lipinski definition) is 2. The van der Waals surface area contributed by atoms with Gasteiger partial charge < -0.3 is 0 Å². The maximum atomic E-state index is 13.6. The Bertz CT molecular complexity index is 896. The molecule has 0 unspecified atom stereocenters. The molecule has 1 nitrogen and oxygen atoms in total. The number of carbonyl (C=O) groups excluding carboxylic acids is 1. The van der Waals surface area contributed by atoms with Gasteiger partial charge in [-0.2, -0.15) is 0 Å². The molecule has 132 valence electrons. The van der Waals surface area contributed by atoms with Crippen molar-refractivity contribution < 1.29 is 4.79 Å². The van der Waals surface area contributed by atoms with E-state index in [1.54, 1.807) is 0 Å². The number of hydrogen-bond donors (Lipinski definition) is 0. The highest BCUT2D eigenvalue weighted by Gasteiger charge is 2.31. The quantitative estimate of drug-likeness (QED) is 0.577. The molecular weight excluding hydrogens is 355 g/mol. The largest absolute Gasteiger partial charge is 0.287 e. The third-order valence-electron chi connectivity index (χ3n) is 4.52. The van der Waals surface area contributed by atoms with E-state index in [2.05, 4.69) is 20.8 Å². The third kappa shape index (κ3) is 3.58. The molecule has 0 N–H and O–H groups in total.